The van der Waals surface area contributed by atoms with E-state index in [9.17, 15) is 19.2 Å². The lowest BCUT2D eigenvalue weighted by Crippen LogP contribution is -2.12. The van der Waals surface area contributed by atoms with E-state index < -0.39 is 18.1 Å². The summed E-state index contributed by atoms with van der Waals surface area (Å²) in [4.78, 5) is 48.8. The number of carbonyl (C=O) groups is 4. The Morgan fingerprint density at radius 1 is 0.628 bits per heavy atom. The van der Waals surface area contributed by atoms with Crippen molar-refractivity contribution in [3.8, 4) is 22.6 Å². The Morgan fingerprint density at radius 2 is 1.19 bits per heavy atom. The molecule has 0 aliphatic carbocycles. The predicted octanol–water partition coefficient (Wildman–Crippen LogP) is 7.53. The molecule has 9 heteroatoms. The molecule has 4 aromatic rings. The standard InChI is InChI=1S/C34H28O8S/c1-2-31(35)39-22-6-7-23-40-34(38)42-29-16-14-27(15-17-29)33(37)43-30-20-18-28(19-21-30)41-32(36)26-12-10-25(11-13-26)24-8-4-3-5-9-24/h2-5,8-21H,1,6-7,22-23H2. The van der Waals surface area contributed by atoms with Crippen LogP contribution in [-0.2, 0) is 14.3 Å². The molecule has 43 heavy (non-hydrogen) atoms. The summed E-state index contributed by atoms with van der Waals surface area (Å²) in [5, 5.41) is -0.213. The number of esters is 2. The van der Waals surface area contributed by atoms with Gasteiger partial charge in [-0.15, -0.1) is 0 Å². The largest absolute Gasteiger partial charge is 0.513 e. The maximum absolute atomic E-state index is 12.7. The molecule has 0 aliphatic heterocycles. The van der Waals surface area contributed by atoms with E-state index in [4.69, 9.17) is 18.9 Å². The monoisotopic (exact) mass is 596 g/mol. The van der Waals surface area contributed by atoms with Crippen LogP contribution in [0.4, 0.5) is 4.79 Å². The second-order valence-corrected chi connectivity index (χ2v) is 10.0. The van der Waals surface area contributed by atoms with Gasteiger partial charge in [-0.05, 0) is 96.4 Å². The Hall–Kier alpha value is -5.15. The minimum absolute atomic E-state index is 0.109. The van der Waals surface area contributed by atoms with Gasteiger partial charge in [-0.2, -0.15) is 0 Å². The van der Waals surface area contributed by atoms with Crippen LogP contribution in [0, 0.1) is 0 Å². The topological polar surface area (TPSA) is 105 Å². The summed E-state index contributed by atoms with van der Waals surface area (Å²) in [5.74, 6) is -0.391. The first kappa shape index (κ1) is 30.8. The summed E-state index contributed by atoms with van der Waals surface area (Å²) in [6.07, 6.45) is 1.23. The van der Waals surface area contributed by atoms with Crippen LogP contribution < -0.4 is 9.47 Å². The van der Waals surface area contributed by atoms with Gasteiger partial charge in [0.05, 0.1) is 18.8 Å². The first-order valence-electron chi connectivity index (χ1n) is 13.3. The SMILES string of the molecule is C=CC(=O)OCCCCOC(=O)Oc1ccc(C(=O)Sc2ccc(OC(=O)c3ccc(-c4ccccc4)cc3)cc2)cc1. The van der Waals surface area contributed by atoms with Gasteiger partial charge in [-0.25, -0.2) is 14.4 Å². The lowest BCUT2D eigenvalue weighted by atomic mass is 10.0. The Labute approximate surface area is 253 Å². The molecule has 0 aromatic heterocycles. The van der Waals surface area contributed by atoms with Crippen LogP contribution in [0.15, 0.2) is 121 Å². The zero-order valence-electron chi connectivity index (χ0n) is 23.1. The molecule has 0 saturated carbocycles. The van der Waals surface area contributed by atoms with Gasteiger partial charge in [0.25, 0.3) is 0 Å². The highest BCUT2D eigenvalue weighted by molar-refractivity contribution is 8.14. The van der Waals surface area contributed by atoms with Crippen molar-refractivity contribution in [1.29, 1.82) is 0 Å². The van der Waals surface area contributed by atoms with Crippen molar-refractivity contribution in [3.63, 3.8) is 0 Å². The second kappa shape index (κ2) is 15.7. The quantitative estimate of drug-likeness (QED) is 0.0410. The number of ether oxygens (including phenoxy) is 4. The summed E-state index contributed by atoms with van der Waals surface area (Å²) >= 11 is 1.01. The summed E-state index contributed by atoms with van der Waals surface area (Å²) in [6, 6.07) is 29.8. The van der Waals surface area contributed by atoms with Gasteiger partial charge in [0, 0.05) is 16.5 Å². The van der Waals surface area contributed by atoms with Crippen molar-refractivity contribution >= 4 is 35.0 Å². The van der Waals surface area contributed by atoms with Crippen LogP contribution in [0.5, 0.6) is 11.5 Å². The van der Waals surface area contributed by atoms with E-state index in [-0.39, 0.29) is 24.1 Å². The van der Waals surface area contributed by atoms with E-state index in [1.54, 1.807) is 48.5 Å². The Balaban J connectivity index is 1.20. The zero-order chi connectivity index (χ0) is 30.4. The molecule has 0 amide bonds. The highest BCUT2D eigenvalue weighted by atomic mass is 32.2. The van der Waals surface area contributed by atoms with Gasteiger partial charge in [0.1, 0.15) is 11.5 Å². The van der Waals surface area contributed by atoms with Crippen LogP contribution in [-0.4, -0.2) is 36.4 Å². The molecular weight excluding hydrogens is 568 g/mol. The van der Waals surface area contributed by atoms with Crippen molar-refractivity contribution in [3.05, 3.63) is 127 Å². The Bertz CT molecular complexity index is 1550. The van der Waals surface area contributed by atoms with E-state index in [0.717, 1.165) is 29.0 Å². The van der Waals surface area contributed by atoms with Crippen molar-refractivity contribution in [1.82, 2.24) is 0 Å². The van der Waals surface area contributed by atoms with Gasteiger partial charge in [-0.1, -0.05) is 49.0 Å². The van der Waals surface area contributed by atoms with Crippen LogP contribution in [0.3, 0.4) is 0 Å². The molecule has 0 radical (unpaired) electrons. The lowest BCUT2D eigenvalue weighted by Gasteiger charge is -2.08. The number of rotatable bonds is 12. The first-order valence-corrected chi connectivity index (χ1v) is 14.2. The lowest BCUT2D eigenvalue weighted by molar-refractivity contribution is -0.137. The molecule has 0 fully saturated rings. The minimum Gasteiger partial charge on any atom is -0.463 e. The summed E-state index contributed by atoms with van der Waals surface area (Å²) in [7, 11) is 0. The fraction of sp³-hybridized carbons (Fsp3) is 0.118. The third-order valence-electron chi connectivity index (χ3n) is 5.93. The molecule has 4 aromatic carbocycles. The fourth-order valence-electron chi connectivity index (χ4n) is 3.71. The molecule has 0 aliphatic rings. The normalized spacial score (nSPS) is 10.3. The van der Waals surface area contributed by atoms with Gasteiger partial charge < -0.3 is 18.9 Å². The van der Waals surface area contributed by atoms with E-state index in [0.29, 0.717) is 34.6 Å². The molecule has 0 saturated heterocycles. The molecule has 0 spiro atoms. The van der Waals surface area contributed by atoms with Gasteiger partial charge in [0.2, 0.25) is 5.12 Å². The summed E-state index contributed by atoms with van der Waals surface area (Å²) in [6.45, 7) is 3.62. The molecule has 4 rings (SSSR count). The molecular formula is C34H28O8S. The third kappa shape index (κ3) is 9.72. The van der Waals surface area contributed by atoms with E-state index in [2.05, 4.69) is 6.58 Å². The third-order valence-corrected chi connectivity index (χ3v) is 6.86. The van der Waals surface area contributed by atoms with Crippen LogP contribution >= 0.6 is 11.8 Å². The van der Waals surface area contributed by atoms with Gasteiger partial charge in [0.15, 0.2) is 0 Å². The number of thioether (sulfide) groups is 1. The number of benzene rings is 4. The zero-order valence-corrected chi connectivity index (χ0v) is 23.9. The van der Waals surface area contributed by atoms with Crippen molar-refractivity contribution in [2.24, 2.45) is 0 Å². The molecule has 0 atom stereocenters. The average molecular weight is 597 g/mol. The maximum Gasteiger partial charge on any atom is 0.513 e. The number of carbonyl (C=O) groups excluding carboxylic acids is 4. The Kier molecular flexibility index (Phi) is 11.3. The molecule has 0 bridgehead atoms. The van der Waals surface area contributed by atoms with E-state index in [1.807, 2.05) is 42.5 Å². The van der Waals surface area contributed by atoms with Gasteiger partial charge >= 0.3 is 18.1 Å². The molecule has 0 N–H and O–H groups in total. The minimum atomic E-state index is -0.874. The molecule has 0 unspecified atom stereocenters. The van der Waals surface area contributed by atoms with Crippen molar-refractivity contribution < 1.29 is 38.1 Å². The smallest absolute Gasteiger partial charge is 0.463 e. The number of hydrogen-bond acceptors (Lipinski definition) is 9. The van der Waals surface area contributed by atoms with E-state index >= 15 is 0 Å². The number of unbranched alkanes of at least 4 members (excludes halogenated alkanes) is 1. The number of hydrogen-bond donors (Lipinski definition) is 0. The van der Waals surface area contributed by atoms with Crippen molar-refractivity contribution in [2.45, 2.75) is 17.7 Å². The molecule has 218 valence electrons. The average Bonchev–Trinajstić information content (AvgIpc) is 3.04. The molecule has 8 nitrogen and oxygen atoms in total. The predicted molar refractivity (Wildman–Crippen MR) is 162 cm³/mol. The highest BCUT2D eigenvalue weighted by Gasteiger charge is 2.13. The Morgan fingerprint density at radius 3 is 1.84 bits per heavy atom. The van der Waals surface area contributed by atoms with Crippen LogP contribution in [0.25, 0.3) is 11.1 Å². The summed E-state index contributed by atoms with van der Waals surface area (Å²) in [5.41, 5.74) is 2.90. The first-order chi connectivity index (χ1) is 20.9. The van der Waals surface area contributed by atoms with Gasteiger partial charge in [-0.3, -0.25) is 4.79 Å². The highest BCUT2D eigenvalue weighted by Crippen LogP contribution is 2.27. The summed E-state index contributed by atoms with van der Waals surface area (Å²) < 4.78 is 20.4. The fourth-order valence-corrected chi connectivity index (χ4v) is 4.45. The maximum atomic E-state index is 12.7. The second-order valence-electron chi connectivity index (χ2n) is 9.00. The van der Waals surface area contributed by atoms with Crippen molar-refractivity contribution in [2.75, 3.05) is 13.2 Å². The van der Waals surface area contributed by atoms with Crippen LogP contribution in [0.1, 0.15) is 33.6 Å². The molecule has 0 heterocycles. The van der Waals surface area contributed by atoms with E-state index in [1.165, 1.54) is 12.1 Å². The van der Waals surface area contributed by atoms with Crippen LogP contribution in [0.2, 0.25) is 0 Å².